The lowest BCUT2D eigenvalue weighted by Gasteiger charge is -2.15. The van der Waals surface area contributed by atoms with Crippen LogP contribution in [0.1, 0.15) is 5.56 Å². The van der Waals surface area contributed by atoms with Crippen LogP contribution in [-0.2, 0) is 5.85 Å². The van der Waals surface area contributed by atoms with Gasteiger partial charge in [-0.05, 0) is 12.1 Å². The summed E-state index contributed by atoms with van der Waals surface area (Å²) < 4.78 is 24.7. The van der Waals surface area contributed by atoms with Crippen molar-refractivity contribution in [3.63, 3.8) is 0 Å². The maximum Gasteiger partial charge on any atom is 0.265 e. The van der Waals surface area contributed by atoms with Crippen molar-refractivity contribution < 1.29 is 19.0 Å². The molecule has 1 unspecified atom stereocenters. The molecule has 1 aromatic rings. The molecule has 2 nitrogen and oxygen atoms in total. The smallest absolute Gasteiger partial charge is 0.265 e. The summed E-state index contributed by atoms with van der Waals surface area (Å²) in [5.41, 5.74) is -0.451. The predicted octanol–water partition coefficient (Wildman–Crippen LogP) is 1.48. The average Bonchev–Trinajstić information content (AvgIpc) is 2.05. The van der Waals surface area contributed by atoms with Crippen molar-refractivity contribution >= 4 is 0 Å². The van der Waals surface area contributed by atoms with E-state index >= 15 is 0 Å². The van der Waals surface area contributed by atoms with Gasteiger partial charge in [-0.2, -0.15) is 0 Å². The van der Waals surface area contributed by atoms with Crippen molar-refractivity contribution in [2.45, 2.75) is 5.85 Å². The Balaban J connectivity index is 3.10. The minimum absolute atomic E-state index is 0.451. The first-order chi connectivity index (χ1) is 5.58. The number of hydrogen-bond donors (Lipinski definition) is 2. The van der Waals surface area contributed by atoms with Gasteiger partial charge in [0.25, 0.3) is 5.85 Å². The lowest BCUT2D eigenvalue weighted by atomic mass is 10.1. The van der Waals surface area contributed by atoms with Gasteiger partial charge in [0.1, 0.15) is 5.75 Å². The monoisotopic (exact) mass is 174 g/mol. The van der Waals surface area contributed by atoms with E-state index in [0.717, 1.165) is 6.07 Å². The van der Waals surface area contributed by atoms with Crippen molar-refractivity contribution in [3.8, 4) is 5.75 Å². The summed E-state index contributed by atoms with van der Waals surface area (Å²) >= 11 is 0. The highest BCUT2D eigenvalue weighted by Crippen LogP contribution is 2.30. The molecule has 1 aromatic carbocycles. The molecule has 0 saturated heterocycles. The Kier molecular flexibility index (Phi) is 2.28. The maximum atomic E-state index is 12.8. The average molecular weight is 174 g/mol. The molecule has 0 heterocycles. The van der Waals surface area contributed by atoms with Gasteiger partial charge in [0, 0.05) is 0 Å². The summed E-state index contributed by atoms with van der Waals surface area (Å²) in [4.78, 5) is 0. The Hall–Kier alpha value is -1.16. The molecule has 0 aliphatic carbocycles. The van der Waals surface area contributed by atoms with E-state index < -0.39 is 23.8 Å². The van der Waals surface area contributed by atoms with Gasteiger partial charge in [-0.25, -0.2) is 8.78 Å². The lowest BCUT2D eigenvalue weighted by Crippen LogP contribution is -2.21. The van der Waals surface area contributed by atoms with Gasteiger partial charge in [-0.15, -0.1) is 0 Å². The van der Waals surface area contributed by atoms with Crippen LogP contribution in [0.4, 0.5) is 8.78 Å². The fourth-order valence-corrected chi connectivity index (χ4v) is 0.870. The van der Waals surface area contributed by atoms with E-state index in [0.29, 0.717) is 0 Å². The highest BCUT2D eigenvalue weighted by atomic mass is 19.2. The molecule has 0 fully saturated rings. The van der Waals surface area contributed by atoms with Gasteiger partial charge in [-0.1, -0.05) is 12.1 Å². The van der Waals surface area contributed by atoms with Crippen LogP contribution < -0.4 is 0 Å². The normalized spacial score (nSPS) is 15.6. The van der Waals surface area contributed by atoms with E-state index in [2.05, 4.69) is 0 Å². The van der Waals surface area contributed by atoms with E-state index in [9.17, 15) is 8.78 Å². The molecule has 0 bridgehead atoms. The zero-order valence-electron chi connectivity index (χ0n) is 6.17. The zero-order chi connectivity index (χ0) is 9.19. The summed E-state index contributed by atoms with van der Waals surface area (Å²) in [6.45, 7) is -1.58. The first-order valence-electron chi connectivity index (χ1n) is 3.33. The van der Waals surface area contributed by atoms with Crippen LogP contribution in [0.15, 0.2) is 24.3 Å². The minimum Gasteiger partial charge on any atom is -0.507 e. The van der Waals surface area contributed by atoms with E-state index in [-0.39, 0.29) is 0 Å². The van der Waals surface area contributed by atoms with E-state index in [1.165, 1.54) is 18.2 Å². The fraction of sp³-hybridized carbons (Fsp3) is 0.250. The topological polar surface area (TPSA) is 40.5 Å². The number of benzene rings is 1. The molecule has 2 N–H and O–H groups in total. The number of aromatic hydroxyl groups is 1. The van der Waals surface area contributed by atoms with Crippen LogP contribution in [0, 0.1) is 0 Å². The lowest BCUT2D eigenvalue weighted by molar-refractivity contribution is -0.112. The number of hydrogen-bond acceptors (Lipinski definition) is 2. The maximum absolute atomic E-state index is 12.8. The summed E-state index contributed by atoms with van der Waals surface area (Å²) in [5.74, 6) is -3.55. The molecule has 0 aromatic heterocycles. The molecule has 1 rings (SSSR count). The molecule has 0 amide bonds. The van der Waals surface area contributed by atoms with Crippen LogP contribution >= 0.6 is 0 Å². The highest BCUT2D eigenvalue weighted by molar-refractivity contribution is 5.35. The summed E-state index contributed by atoms with van der Waals surface area (Å²) in [7, 11) is 0. The van der Waals surface area contributed by atoms with Crippen molar-refractivity contribution in [3.05, 3.63) is 29.8 Å². The molecule has 66 valence electrons. The molecule has 0 saturated carbocycles. The number of para-hydroxylation sites is 1. The minimum atomic E-state index is -3.09. The van der Waals surface area contributed by atoms with Crippen LogP contribution in [0.2, 0.25) is 0 Å². The van der Waals surface area contributed by atoms with E-state index in [1.54, 1.807) is 0 Å². The largest absolute Gasteiger partial charge is 0.507 e. The SMILES string of the molecule is Oc1ccccc1C(O)(F)CF. The Labute approximate surface area is 68.1 Å². The third-order valence-corrected chi connectivity index (χ3v) is 1.49. The third kappa shape index (κ3) is 1.53. The van der Waals surface area contributed by atoms with E-state index in [4.69, 9.17) is 10.2 Å². The second-order valence-corrected chi connectivity index (χ2v) is 2.41. The number of aliphatic hydroxyl groups is 1. The van der Waals surface area contributed by atoms with Gasteiger partial charge < -0.3 is 10.2 Å². The quantitative estimate of drug-likeness (QED) is 0.712. The van der Waals surface area contributed by atoms with Crippen LogP contribution in [0.5, 0.6) is 5.75 Å². The Morgan fingerprint density at radius 2 is 1.92 bits per heavy atom. The predicted molar refractivity (Wildman–Crippen MR) is 39.1 cm³/mol. The first-order valence-corrected chi connectivity index (χ1v) is 3.33. The van der Waals surface area contributed by atoms with Crippen LogP contribution in [-0.4, -0.2) is 16.9 Å². The zero-order valence-corrected chi connectivity index (χ0v) is 6.17. The van der Waals surface area contributed by atoms with Gasteiger partial charge in [0.15, 0.2) is 6.67 Å². The van der Waals surface area contributed by atoms with E-state index in [1.807, 2.05) is 0 Å². The number of phenols is 1. The first kappa shape index (κ1) is 8.93. The van der Waals surface area contributed by atoms with Gasteiger partial charge in [-0.3, -0.25) is 0 Å². The van der Waals surface area contributed by atoms with Gasteiger partial charge in [0.2, 0.25) is 0 Å². The second kappa shape index (κ2) is 3.06. The number of halogens is 2. The number of phenolic OH excluding ortho intramolecular Hbond substituents is 1. The molecule has 4 heteroatoms. The second-order valence-electron chi connectivity index (χ2n) is 2.41. The van der Waals surface area contributed by atoms with Crippen molar-refractivity contribution in [1.29, 1.82) is 0 Å². The van der Waals surface area contributed by atoms with Crippen molar-refractivity contribution in [1.82, 2.24) is 0 Å². The summed E-state index contributed by atoms with van der Waals surface area (Å²) in [6.07, 6.45) is 0. The summed E-state index contributed by atoms with van der Waals surface area (Å²) in [5, 5.41) is 17.8. The molecule has 0 radical (unpaired) electrons. The fourth-order valence-electron chi connectivity index (χ4n) is 0.870. The highest BCUT2D eigenvalue weighted by Gasteiger charge is 2.31. The van der Waals surface area contributed by atoms with Gasteiger partial charge >= 0.3 is 0 Å². The molecular formula is C8H8F2O2. The van der Waals surface area contributed by atoms with Crippen LogP contribution in [0.25, 0.3) is 0 Å². The number of rotatable bonds is 2. The molecule has 12 heavy (non-hydrogen) atoms. The van der Waals surface area contributed by atoms with Crippen molar-refractivity contribution in [2.75, 3.05) is 6.67 Å². The molecular weight excluding hydrogens is 166 g/mol. The van der Waals surface area contributed by atoms with Crippen molar-refractivity contribution in [2.24, 2.45) is 0 Å². The summed E-state index contributed by atoms with van der Waals surface area (Å²) in [6, 6.07) is 5.15. The molecule has 1 atom stereocenters. The Morgan fingerprint density at radius 3 is 2.42 bits per heavy atom. The molecule has 0 aliphatic heterocycles. The van der Waals surface area contributed by atoms with Crippen LogP contribution in [0.3, 0.4) is 0 Å². The molecule has 0 spiro atoms. The number of alkyl halides is 2. The Bertz CT molecular complexity index is 274. The van der Waals surface area contributed by atoms with Gasteiger partial charge in [0.05, 0.1) is 5.56 Å². The standard InChI is InChI=1S/C8H8F2O2/c9-5-8(10,12)6-3-1-2-4-7(6)11/h1-4,11-12H,5H2. The molecule has 0 aliphatic rings. The third-order valence-electron chi connectivity index (χ3n) is 1.49. The Morgan fingerprint density at radius 1 is 1.33 bits per heavy atom.